The van der Waals surface area contributed by atoms with E-state index >= 15 is 0 Å². The predicted molar refractivity (Wildman–Crippen MR) is 110 cm³/mol. The number of rotatable bonds is 7. The van der Waals surface area contributed by atoms with E-state index in [0.29, 0.717) is 12.3 Å². The number of aromatic nitrogens is 1. The molecule has 1 atom stereocenters. The van der Waals surface area contributed by atoms with Crippen molar-refractivity contribution in [2.45, 2.75) is 53.0 Å². The van der Waals surface area contributed by atoms with Crippen LogP contribution in [0.4, 0.5) is 5.69 Å². The second-order valence-electron chi connectivity index (χ2n) is 7.81. The van der Waals surface area contributed by atoms with Gasteiger partial charge in [-0.2, -0.15) is 0 Å². The van der Waals surface area contributed by atoms with Gasteiger partial charge in [0.2, 0.25) is 5.91 Å². The molecule has 1 amide bonds. The second-order valence-corrected chi connectivity index (χ2v) is 7.81. The lowest BCUT2D eigenvalue weighted by molar-refractivity contribution is -0.116. The van der Waals surface area contributed by atoms with Crippen LogP contribution in [0.25, 0.3) is 0 Å². The van der Waals surface area contributed by atoms with Crippen molar-refractivity contribution in [2.24, 2.45) is 5.92 Å². The average Bonchev–Trinajstić information content (AvgIpc) is 3.00. The lowest BCUT2D eigenvalue weighted by atomic mass is 9.93. The van der Waals surface area contributed by atoms with Crippen LogP contribution in [0.15, 0.2) is 22.7 Å². The summed E-state index contributed by atoms with van der Waals surface area (Å²) < 4.78 is 10.5. The third-order valence-electron chi connectivity index (χ3n) is 5.65. The molecule has 1 unspecified atom stereocenters. The van der Waals surface area contributed by atoms with E-state index in [9.17, 15) is 4.79 Å². The number of nitrogens with one attached hydrogen (secondary N) is 1. The maximum absolute atomic E-state index is 12.4. The van der Waals surface area contributed by atoms with Crippen molar-refractivity contribution in [1.82, 2.24) is 10.1 Å². The molecule has 6 nitrogen and oxygen atoms in total. The van der Waals surface area contributed by atoms with Crippen LogP contribution in [0.3, 0.4) is 0 Å². The number of hydrogen-bond donors (Lipinski definition) is 1. The summed E-state index contributed by atoms with van der Waals surface area (Å²) in [4.78, 5) is 14.9. The fourth-order valence-electron chi connectivity index (χ4n) is 3.93. The van der Waals surface area contributed by atoms with Crippen LogP contribution < -0.4 is 10.1 Å². The second kappa shape index (κ2) is 9.24. The minimum absolute atomic E-state index is 0.0797. The molecule has 1 aliphatic heterocycles. The van der Waals surface area contributed by atoms with Gasteiger partial charge in [-0.25, -0.2) is 0 Å². The molecule has 6 heteroatoms. The standard InChI is InChI=1S/C22H31N3O3/c1-15-12-19(27-4)8-9-21(15)23-22(26)10-7-18-6-5-11-25(13-18)14-20-16(2)24-28-17(20)3/h8-9,12,18H,5-7,10-11,13-14H2,1-4H3,(H,23,26). The van der Waals surface area contributed by atoms with Crippen molar-refractivity contribution in [3.8, 4) is 5.75 Å². The minimum atomic E-state index is 0.0797. The zero-order valence-corrected chi connectivity index (χ0v) is 17.4. The van der Waals surface area contributed by atoms with Gasteiger partial charge in [-0.1, -0.05) is 5.16 Å². The molecular formula is C22H31N3O3. The summed E-state index contributed by atoms with van der Waals surface area (Å²) in [7, 11) is 1.65. The van der Waals surface area contributed by atoms with Crippen molar-refractivity contribution in [2.75, 3.05) is 25.5 Å². The molecular weight excluding hydrogens is 354 g/mol. The summed E-state index contributed by atoms with van der Waals surface area (Å²) in [5, 5.41) is 7.09. The molecule has 2 heterocycles. The van der Waals surface area contributed by atoms with E-state index in [1.54, 1.807) is 7.11 Å². The molecule has 152 valence electrons. The highest BCUT2D eigenvalue weighted by Gasteiger charge is 2.22. The zero-order valence-electron chi connectivity index (χ0n) is 17.4. The van der Waals surface area contributed by atoms with Gasteiger partial charge in [0.15, 0.2) is 0 Å². The number of likely N-dealkylation sites (tertiary alicyclic amines) is 1. The van der Waals surface area contributed by atoms with Gasteiger partial charge in [0, 0.05) is 30.8 Å². The van der Waals surface area contributed by atoms with Crippen molar-refractivity contribution in [1.29, 1.82) is 0 Å². The Morgan fingerprint density at radius 3 is 2.86 bits per heavy atom. The van der Waals surface area contributed by atoms with E-state index in [1.165, 1.54) is 18.4 Å². The van der Waals surface area contributed by atoms with E-state index in [4.69, 9.17) is 9.26 Å². The number of hydrogen-bond acceptors (Lipinski definition) is 5. The van der Waals surface area contributed by atoms with Crippen molar-refractivity contribution in [3.05, 3.63) is 40.8 Å². The Hall–Kier alpha value is -2.34. The lowest BCUT2D eigenvalue weighted by Gasteiger charge is -2.32. The van der Waals surface area contributed by atoms with Gasteiger partial charge < -0.3 is 14.6 Å². The summed E-state index contributed by atoms with van der Waals surface area (Å²) in [6, 6.07) is 5.71. The quantitative estimate of drug-likeness (QED) is 0.772. The Bertz CT molecular complexity index is 796. The molecule has 0 spiro atoms. The normalized spacial score (nSPS) is 17.5. The molecule has 2 aromatic rings. The van der Waals surface area contributed by atoms with Crippen molar-refractivity contribution >= 4 is 11.6 Å². The topological polar surface area (TPSA) is 67.6 Å². The highest BCUT2D eigenvalue weighted by molar-refractivity contribution is 5.91. The molecule has 1 aliphatic rings. The largest absolute Gasteiger partial charge is 0.497 e. The number of nitrogens with zero attached hydrogens (tertiary/aromatic N) is 2. The molecule has 0 aliphatic carbocycles. The van der Waals surface area contributed by atoms with Gasteiger partial charge in [-0.05, 0) is 76.3 Å². The Morgan fingerprint density at radius 2 is 2.18 bits per heavy atom. The smallest absolute Gasteiger partial charge is 0.224 e. The SMILES string of the molecule is COc1ccc(NC(=O)CCC2CCCN(Cc3c(C)noc3C)C2)c(C)c1. The molecule has 0 bridgehead atoms. The molecule has 1 fully saturated rings. The first-order valence-electron chi connectivity index (χ1n) is 10.0. The molecule has 0 radical (unpaired) electrons. The third kappa shape index (κ3) is 5.13. The Morgan fingerprint density at radius 1 is 1.36 bits per heavy atom. The van der Waals surface area contributed by atoms with Crippen LogP contribution in [0.5, 0.6) is 5.75 Å². The number of carbonyl (C=O) groups is 1. The van der Waals surface area contributed by atoms with Crippen molar-refractivity contribution in [3.63, 3.8) is 0 Å². The average molecular weight is 386 g/mol. The number of methoxy groups -OCH3 is 1. The molecule has 1 aromatic carbocycles. The zero-order chi connectivity index (χ0) is 20.1. The van der Waals surface area contributed by atoms with Gasteiger partial charge in [0.1, 0.15) is 11.5 Å². The van der Waals surface area contributed by atoms with Gasteiger partial charge in [-0.15, -0.1) is 0 Å². The Kier molecular flexibility index (Phi) is 6.73. The molecule has 0 saturated carbocycles. The van der Waals surface area contributed by atoms with E-state index in [1.807, 2.05) is 39.0 Å². The molecule has 3 rings (SSSR count). The van der Waals surface area contributed by atoms with Crippen LogP contribution >= 0.6 is 0 Å². The van der Waals surface area contributed by atoms with Crippen LogP contribution in [-0.2, 0) is 11.3 Å². The molecule has 1 saturated heterocycles. The van der Waals surface area contributed by atoms with Crippen LogP contribution in [0.1, 0.15) is 48.3 Å². The fraction of sp³-hybridized carbons (Fsp3) is 0.545. The van der Waals surface area contributed by atoms with E-state index in [0.717, 1.165) is 54.5 Å². The number of ether oxygens (including phenoxy) is 1. The number of carbonyl (C=O) groups excluding carboxylic acids is 1. The summed E-state index contributed by atoms with van der Waals surface area (Å²) in [6.07, 6.45) is 3.83. The highest BCUT2D eigenvalue weighted by Crippen LogP contribution is 2.25. The van der Waals surface area contributed by atoms with Gasteiger partial charge in [0.25, 0.3) is 0 Å². The summed E-state index contributed by atoms with van der Waals surface area (Å²) >= 11 is 0. The minimum Gasteiger partial charge on any atom is -0.497 e. The maximum atomic E-state index is 12.4. The first-order chi connectivity index (χ1) is 13.5. The van der Waals surface area contributed by atoms with Crippen molar-refractivity contribution < 1.29 is 14.1 Å². The first-order valence-corrected chi connectivity index (χ1v) is 10.0. The monoisotopic (exact) mass is 385 g/mol. The molecule has 1 aromatic heterocycles. The first kappa shape index (κ1) is 20.4. The fourth-order valence-corrected chi connectivity index (χ4v) is 3.93. The summed E-state index contributed by atoms with van der Waals surface area (Å²) in [6.45, 7) is 8.96. The highest BCUT2D eigenvalue weighted by atomic mass is 16.5. The van der Waals surface area contributed by atoms with Crippen LogP contribution in [0.2, 0.25) is 0 Å². The number of aryl methyl sites for hydroxylation is 3. The molecule has 28 heavy (non-hydrogen) atoms. The Balaban J connectivity index is 1.48. The summed E-state index contributed by atoms with van der Waals surface area (Å²) in [5.74, 6) is 2.35. The summed E-state index contributed by atoms with van der Waals surface area (Å²) in [5.41, 5.74) is 4.05. The van der Waals surface area contributed by atoms with Crippen LogP contribution in [-0.4, -0.2) is 36.2 Å². The Labute approximate surface area is 167 Å². The third-order valence-corrected chi connectivity index (χ3v) is 5.65. The number of amides is 1. The maximum Gasteiger partial charge on any atom is 0.224 e. The van der Waals surface area contributed by atoms with Crippen LogP contribution in [0, 0.1) is 26.7 Å². The number of benzene rings is 1. The van der Waals surface area contributed by atoms with E-state index in [2.05, 4.69) is 15.4 Å². The molecule has 1 N–H and O–H groups in total. The van der Waals surface area contributed by atoms with Gasteiger partial charge in [0.05, 0.1) is 12.8 Å². The van der Waals surface area contributed by atoms with E-state index in [-0.39, 0.29) is 5.91 Å². The number of piperidine rings is 1. The van der Waals surface area contributed by atoms with Gasteiger partial charge in [-0.3, -0.25) is 9.69 Å². The van der Waals surface area contributed by atoms with E-state index < -0.39 is 0 Å². The lowest BCUT2D eigenvalue weighted by Crippen LogP contribution is -2.35. The van der Waals surface area contributed by atoms with Gasteiger partial charge >= 0.3 is 0 Å². The predicted octanol–water partition coefficient (Wildman–Crippen LogP) is 4.24. The number of anilines is 1.